The number of hydrogen-bond donors (Lipinski definition) is 2. The van der Waals surface area contributed by atoms with Gasteiger partial charge in [-0.3, -0.25) is 4.79 Å². The topological polar surface area (TPSA) is 84.2 Å². The maximum atomic E-state index is 12.1. The average molecular weight is 316 g/mol. The van der Waals surface area contributed by atoms with Crippen molar-refractivity contribution in [3.63, 3.8) is 0 Å². The first-order valence-electron chi connectivity index (χ1n) is 8.35. The Labute approximate surface area is 135 Å². The Morgan fingerprint density at radius 2 is 2.04 bits per heavy atom. The summed E-state index contributed by atoms with van der Waals surface area (Å²) in [5.74, 6) is 1.87. The van der Waals surface area contributed by atoms with Gasteiger partial charge in [0.2, 0.25) is 5.91 Å². The van der Waals surface area contributed by atoms with Crippen LogP contribution in [0.1, 0.15) is 43.4 Å². The van der Waals surface area contributed by atoms with E-state index in [0.717, 1.165) is 29.9 Å². The summed E-state index contributed by atoms with van der Waals surface area (Å²) in [5, 5.41) is 10.6. The minimum absolute atomic E-state index is 0.194. The molecule has 2 heterocycles. The molecule has 0 saturated heterocycles. The molecule has 0 spiro atoms. The molecule has 2 aromatic heterocycles. The molecular weight excluding hydrogens is 292 g/mol. The molecule has 23 heavy (non-hydrogen) atoms. The molecule has 0 aromatic carbocycles. The number of aryl methyl sites for hydroxylation is 1. The highest BCUT2D eigenvalue weighted by atomic mass is 16.1. The maximum Gasteiger partial charge on any atom is 0.254 e. The molecule has 1 aliphatic rings. The molecule has 7 nitrogen and oxygen atoms in total. The fraction of sp³-hybridized carbons (Fsp3) is 0.625. The summed E-state index contributed by atoms with van der Waals surface area (Å²) in [7, 11) is 0. The van der Waals surface area contributed by atoms with Gasteiger partial charge in [0.05, 0.1) is 0 Å². The van der Waals surface area contributed by atoms with Gasteiger partial charge in [0.1, 0.15) is 12.1 Å². The summed E-state index contributed by atoms with van der Waals surface area (Å²) in [6.07, 6.45) is 7.17. The number of nitrogens with one attached hydrogen (secondary N) is 2. The Balaban J connectivity index is 1.55. The van der Waals surface area contributed by atoms with E-state index >= 15 is 0 Å². The molecule has 0 radical (unpaired) electrons. The van der Waals surface area contributed by atoms with Gasteiger partial charge in [-0.1, -0.05) is 19.3 Å². The summed E-state index contributed by atoms with van der Waals surface area (Å²) in [6.45, 7) is 5.22. The van der Waals surface area contributed by atoms with Gasteiger partial charge in [-0.25, -0.2) is 4.98 Å². The van der Waals surface area contributed by atoms with Crippen LogP contribution in [0.15, 0.2) is 6.33 Å². The van der Waals surface area contributed by atoms with E-state index in [-0.39, 0.29) is 11.8 Å². The monoisotopic (exact) mass is 316 g/mol. The number of fused-ring (bicyclic) bond motifs is 1. The molecule has 0 bridgehead atoms. The Hall–Kier alpha value is -2.18. The normalized spacial score (nSPS) is 15.7. The summed E-state index contributed by atoms with van der Waals surface area (Å²) in [5.41, 5.74) is 1.97. The zero-order chi connectivity index (χ0) is 16.2. The Kier molecular flexibility index (Phi) is 4.73. The maximum absolute atomic E-state index is 12.1. The minimum Gasteiger partial charge on any atom is -0.368 e. The zero-order valence-electron chi connectivity index (χ0n) is 13.8. The summed E-state index contributed by atoms with van der Waals surface area (Å²) >= 11 is 0. The number of amides is 1. The zero-order valence-corrected chi connectivity index (χ0v) is 13.8. The number of aromatic nitrogens is 4. The predicted molar refractivity (Wildman–Crippen MR) is 88.3 cm³/mol. The van der Waals surface area contributed by atoms with E-state index < -0.39 is 0 Å². The molecule has 2 aromatic rings. The third kappa shape index (κ3) is 3.43. The van der Waals surface area contributed by atoms with Gasteiger partial charge in [0, 0.05) is 30.3 Å². The van der Waals surface area contributed by atoms with Gasteiger partial charge in [-0.15, -0.1) is 0 Å². The van der Waals surface area contributed by atoms with Crippen molar-refractivity contribution in [3.05, 3.63) is 17.6 Å². The highest BCUT2D eigenvalue weighted by Gasteiger charge is 2.20. The van der Waals surface area contributed by atoms with Crippen LogP contribution in [0.4, 0.5) is 5.82 Å². The van der Waals surface area contributed by atoms with Gasteiger partial charge in [-0.05, 0) is 26.7 Å². The molecule has 2 N–H and O–H groups in total. The van der Waals surface area contributed by atoms with Crippen molar-refractivity contribution in [3.8, 4) is 0 Å². The van der Waals surface area contributed by atoms with Crippen LogP contribution in [0.3, 0.4) is 0 Å². The van der Waals surface area contributed by atoms with Crippen molar-refractivity contribution < 1.29 is 4.79 Å². The number of carbonyl (C=O) groups is 1. The van der Waals surface area contributed by atoms with Crippen LogP contribution < -0.4 is 10.6 Å². The Morgan fingerprint density at radius 3 is 2.83 bits per heavy atom. The molecule has 3 rings (SSSR count). The van der Waals surface area contributed by atoms with Gasteiger partial charge in [-0.2, -0.15) is 14.6 Å². The second kappa shape index (κ2) is 6.93. The number of rotatable bonds is 5. The lowest BCUT2D eigenvalue weighted by atomic mass is 9.89. The van der Waals surface area contributed by atoms with Crippen molar-refractivity contribution in [2.75, 3.05) is 18.4 Å². The highest BCUT2D eigenvalue weighted by Crippen LogP contribution is 2.23. The number of nitrogens with zero attached hydrogens (tertiary/aromatic N) is 4. The third-order valence-corrected chi connectivity index (χ3v) is 4.60. The number of carbonyl (C=O) groups excluding carboxylic acids is 1. The second-order valence-electron chi connectivity index (χ2n) is 6.20. The first-order chi connectivity index (χ1) is 11.2. The van der Waals surface area contributed by atoms with E-state index in [2.05, 4.69) is 25.7 Å². The largest absolute Gasteiger partial charge is 0.368 e. The quantitative estimate of drug-likeness (QED) is 0.822. The molecule has 1 aliphatic carbocycles. The van der Waals surface area contributed by atoms with E-state index in [9.17, 15) is 4.79 Å². The van der Waals surface area contributed by atoms with Gasteiger partial charge < -0.3 is 10.6 Å². The molecule has 1 saturated carbocycles. The Bertz CT molecular complexity index is 689. The molecular formula is C16H24N6O. The fourth-order valence-corrected chi connectivity index (χ4v) is 3.12. The van der Waals surface area contributed by atoms with Crippen LogP contribution >= 0.6 is 0 Å². The summed E-state index contributed by atoms with van der Waals surface area (Å²) < 4.78 is 1.70. The van der Waals surface area contributed by atoms with Crippen LogP contribution in [-0.2, 0) is 4.79 Å². The van der Waals surface area contributed by atoms with Crippen molar-refractivity contribution in [2.24, 2.45) is 5.92 Å². The van der Waals surface area contributed by atoms with Crippen LogP contribution in [0.5, 0.6) is 0 Å². The molecule has 1 amide bonds. The van der Waals surface area contributed by atoms with E-state index in [1.165, 1.54) is 25.6 Å². The fourth-order valence-electron chi connectivity index (χ4n) is 3.12. The van der Waals surface area contributed by atoms with Crippen molar-refractivity contribution in [2.45, 2.75) is 46.0 Å². The Morgan fingerprint density at radius 1 is 1.26 bits per heavy atom. The molecule has 124 valence electrons. The van der Waals surface area contributed by atoms with E-state index in [1.807, 2.05) is 13.8 Å². The van der Waals surface area contributed by atoms with Crippen LogP contribution in [0, 0.1) is 19.8 Å². The molecule has 0 aliphatic heterocycles. The molecule has 1 fully saturated rings. The van der Waals surface area contributed by atoms with Gasteiger partial charge >= 0.3 is 0 Å². The third-order valence-electron chi connectivity index (χ3n) is 4.60. The summed E-state index contributed by atoms with van der Waals surface area (Å²) in [6, 6.07) is 0. The number of hydrogen-bond acceptors (Lipinski definition) is 5. The lowest BCUT2D eigenvalue weighted by molar-refractivity contribution is -0.125. The minimum atomic E-state index is 0.194. The highest BCUT2D eigenvalue weighted by molar-refractivity contribution is 5.78. The molecule has 0 atom stereocenters. The van der Waals surface area contributed by atoms with Gasteiger partial charge in [0.15, 0.2) is 0 Å². The van der Waals surface area contributed by atoms with E-state index in [4.69, 9.17) is 0 Å². The standard InChI is InChI=1S/C16H24N6O/c1-11-12(2)21-16-19-10-20-22(16)14(11)17-8-9-18-15(23)13-6-4-3-5-7-13/h10,13,17H,3-9H2,1-2H3,(H,18,23). The van der Waals surface area contributed by atoms with Crippen LogP contribution in [0.25, 0.3) is 5.78 Å². The summed E-state index contributed by atoms with van der Waals surface area (Å²) in [4.78, 5) is 20.6. The average Bonchev–Trinajstić information content (AvgIpc) is 3.03. The van der Waals surface area contributed by atoms with Crippen molar-refractivity contribution in [1.82, 2.24) is 24.9 Å². The predicted octanol–water partition coefficient (Wildman–Crippen LogP) is 1.85. The smallest absolute Gasteiger partial charge is 0.254 e. The van der Waals surface area contributed by atoms with E-state index in [0.29, 0.717) is 18.9 Å². The van der Waals surface area contributed by atoms with Crippen LogP contribution in [-0.4, -0.2) is 38.6 Å². The number of anilines is 1. The van der Waals surface area contributed by atoms with Crippen LogP contribution in [0.2, 0.25) is 0 Å². The van der Waals surface area contributed by atoms with Gasteiger partial charge in [0.25, 0.3) is 5.78 Å². The van der Waals surface area contributed by atoms with E-state index in [1.54, 1.807) is 4.52 Å². The SMILES string of the molecule is Cc1nc2ncnn2c(NCCNC(=O)C2CCCCC2)c1C. The lowest BCUT2D eigenvalue weighted by Gasteiger charge is -2.21. The lowest BCUT2D eigenvalue weighted by Crippen LogP contribution is -2.35. The first-order valence-corrected chi connectivity index (χ1v) is 8.35. The first kappa shape index (κ1) is 15.7. The molecule has 7 heteroatoms. The molecule has 0 unspecified atom stereocenters. The van der Waals surface area contributed by atoms with Crippen molar-refractivity contribution >= 4 is 17.5 Å². The second-order valence-corrected chi connectivity index (χ2v) is 6.20. The van der Waals surface area contributed by atoms with Crippen molar-refractivity contribution in [1.29, 1.82) is 0 Å².